The molecule has 0 radical (unpaired) electrons. The van der Waals surface area contributed by atoms with Gasteiger partial charge in [-0.05, 0) is 31.8 Å². The normalized spacial score (nSPS) is 12.5. The molecule has 8 heteroatoms. The highest BCUT2D eigenvalue weighted by Crippen LogP contribution is 2.24. The largest absolute Gasteiger partial charge is 0.497 e. The lowest BCUT2D eigenvalue weighted by atomic mass is 10.1. The molecular formula is C16H19N5O2S. The Morgan fingerprint density at radius 1 is 1.38 bits per heavy atom. The number of rotatable bonds is 6. The van der Waals surface area contributed by atoms with E-state index in [9.17, 15) is 4.79 Å². The molecule has 1 atom stereocenters. The first-order valence-electron chi connectivity index (χ1n) is 7.47. The molecule has 0 saturated heterocycles. The van der Waals surface area contributed by atoms with Crippen molar-refractivity contribution in [3.05, 3.63) is 52.4 Å². The maximum absolute atomic E-state index is 11.7. The fourth-order valence-electron chi connectivity index (χ4n) is 2.45. The van der Waals surface area contributed by atoms with Gasteiger partial charge in [-0.15, -0.1) is 5.10 Å². The number of hydrogen-bond donors (Lipinski definition) is 1. The zero-order valence-electron chi connectivity index (χ0n) is 13.8. The molecule has 3 aromatic rings. The first-order valence-corrected chi connectivity index (χ1v) is 8.29. The summed E-state index contributed by atoms with van der Waals surface area (Å²) in [6, 6.07) is 9.53. The van der Waals surface area contributed by atoms with E-state index in [-0.39, 0.29) is 11.6 Å². The summed E-state index contributed by atoms with van der Waals surface area (Å²) in [6.45, 7) is 0.648. The van der Waals surface area contributed by atoms with Crippen molar-refractivity contribution in [3.63, 3.8) is 0 Å². The van der Waals surface area contributed by atoms with Gasteiger partial charge in [-0.25, -0.2) is 4.98 Å². The minimum absolute atomic E-state index is 0.136. The first-order chi connectivity index (χ1) is 11.6. The third-order valence-electron chi connectivity index (χ3n) is 3.72. The van der Waals surface area contributed by atoms with E-state index in [4.69, 9.17) is 4.74 Å². The van der Waals surface area contributed by atoms with Crippen molar-refractivity contribution in [2.75, 3.05) is 33.1 Å². The zero-order valence-corrected chi connectivity index (χ0v) is 14.6. The number of methoxy groups -OCH3 is 1. The third kappa shape index (κ3) is 3.39. The lowest BCUT2D eigenvalue weighted by Gasteiger charge is -2.25. The van der Waals surface area contributed by atoms with Gasteiger partial charge < -0.3 is 15.0 Å². The van der Waals surface area contributed by atoms with E-state index < -0.39 is 0 Å². The van der Waals surface area contributed by atoms with Crippen molar-refractivity contribution in [1.82, 2.24) is 19.5 Å². The molecule has 1 unspecified atom stereocenters. The van der Waals surface area contributed by atoms with Gasteiger partial charge in [-0.3, -0.25) is 4.79 Å². The lowest BCUT2D eigenvalue weighted by Crippen LogP contribution is -2.27. The van der Waals surface area contributed by atoms with Gasteiger partial charge in [0.15, 0.2) is 0 Å². The van der Waals surface area contributed by atoms with Gasteiger partial charge >= 0.3 is 0 Å². The van der Waals surface area contributed by atoms with Crippen LogP contribution in [0, 0.1) is 0 Å². The van der Waals surface area contributed by atoms with Crippen molar-refractivity contribution < 1.29 is 4.74 Å². The number of fused-ring (bicyclic) bond motifs is 1. The number of ether oxygens (including phenoxy) is 1. The van der Waals surface area contributed by atoms with Crippen LogP contribution in [0.2, 0.25) is 0 Å². The molecule has 0 aliphatic rings. The molecule has 0 aliphatic carbocycles. The average Bonchev–Trinajstić information content (AvgIpc) is 2.99. The number of hydrogen-bond acceptors (Lipinski definition) is 7. The molecule has 2 aromatic heterocycles. The first kappa shape index (κ1) is 16.4. The Labute approximate surface area is 143 Å². The van der Waals surface area contributed by atoms with Crippen LogP contribution in [-0.4, -0.2) is 47.2 Å². The minimum Gasteiger partial charge on any atom is -0.497 e. The van der Waals surface area contributed by atoms with E-state index in [1.807, 2.05) is 32.3 Å². The van der Waals surface area contributed by atoms with Crippen LogP contribution in [-0.2, 0) is 0 Å². The van der Waals surface area contributed by atoms with Gasteiger partial charge in [0, 0.05) is 18.8 Å². The molecule has 126 valence electrons. The second-order valence-electron chi connectivity index (χ2n) is 5.52. The minimum atomic E-state index is -0.179. The second-order valence-corrected chi connectivity index (χ2v) is 6.48. The van der Waals surface area contributed by atoms with E-state index in [0.29, 0.717) is 16.6 Å². The van der Waals surface area contributed by atoms with E-state index in [1.165, 1.54) is 28.1 Å². The van der Waals surface area contributed by atoms with Crippen LogP contribution < -0.4 is 15.6 Å². The van der Waals surface area contributed by atoms with Crippen LogP contribution in [0.4, 0.5) is 5.13 Å². The molecule has 0 aliphatic heterocycles. The summed E-state index contributed by atoms with van der Waals surface area (Å²) in [5.74, 6) is 0.829. The third-order valence-corrected chi connectivity index (χ3v) is 4.60. The number of likely N-dealkylation sites (N-methyl/N-ethyl adjacent to an activating group) is 1. The van der Waals surface area contributed by atoms with E-state index in [0.717, 1.165) is 11.3 Å². The van der Waals surface area contributed by atoms with Crippen LogP contribution in [0.5, 0.6) is 5.75 Å². The molecule has 0 saturated carbocycles. The van der Waals surface area contributed by atoms with E-state index in [1.54, 1.807) is 7.11 Å². The molecule has 2 heterocycles. The van der Waals surface area contributed by atoms with Crippen molar-refractivity contribution in [3.8, 4) is 5.75 Å². The Morgan fingerprint density at radius 2 is 2.21 bits per heavy atom. The van der Waals surface area contributed by atoms with Crippen LogP contribution >= 0.6 is 11.3 Å². The Bertz CT molecular complexity index is 889. The summed E-state index contributed by atoms with van der Waals surface area (Å²) in [6.07, 6.45) is 1.50. The van der Waals surface area contributed by atoms with Crippen LogP contribution in [0.3, 0.4) is 0 Å². The Balaban J connectivity index is 1.80. The number of aromatic nitrogens is 3. The SMILES string of the molecule is COc1cccc(C(CNc2nn3c(=O)ccnc3s2)N(C)C)c1. The molecule has 24 heavy (non-hydrogen) atoms. The Kier molecular flexibility index (Phi) is 4.77. The van der Waals surface area contributed by atoms with Crippen molar-refractivity contribution in [2.24, 2.45) is 0 Å². The molecule has 0 spiro atoms. The van der Waals surface area contributed by atoms with Gasteiger partial charge in [-0.2, -0.15) is 4.52 Å². The van der Waals surface area contributed by atoms with Crippen molar-refractivity contribution in [1.29, 1.82) is 0 Å². The molecule has 1 aromatic carbocycles. The number of nitrogens with zero attached hydrogens (tertiary/aromatic N) is 4. The van der Waals surface area contributed by atoms with Crippen LogP contribution in [0.1, 0.15) is 11.6 Å². The average molecular weight is 345 g/mol. The summed E-state index contributed by atoms with van der Waals surface area (Å²) in [5.41, 5.74) is 0.963. The molecular weight excluding hydrogens is 326 g/mol. The maximum atomic E-state index is 11.7. The van der Waals surface area contributed by atoms with Gasteiger partial charge in [0.1, 0.15) is 5.75 Å². The summed E-state index contributed by atoms with van der Waals surface area (Å²) in [7, 11) is 5.71. The van der Waals surface area contributed by atoms with Crippen molar-refractivity contribution in [2.45, 2.75) is 6.04 Å². The highest BCUT2D eigenvalue weighted by molar-refractivity contribution is 7.20. The molecule has 0 bridgehead atoms. The Morgan fingerprint density at radius 3 is 2.92 bits per heavy atom. The molecule has 7 nitrogen and oxygen atoms in total. The second kappa shape index (κ2) is 6.98. The summed E-state index contributed by atoms with van der Waals surface area (Å²) in [4.78, 5) is 18.6. The number of nitrogens with one attached hydrogen (secondary N) is 1. The van der Waals surface area contributed by atoms with E-state index >= 15 is 0 Å². The zero-order chi connectivity index (χ0) is 17.1. The number of anilines is 1. The maximum Gasteiger partial charge on any atom is 0.275 e. The molecule has 0 fully saturated rings. The Hall–Kier alpha value is -2.45. The topological polar surface area (TPSA) is 71.8 Å². The molecule has 3 rings (SSSR count). The highest BCUT2D eigenvalue weighted by atomic mass is 32.1. The van der Waals surface area contributed by atoms with E-state index in [2.05, 4.69) is 26.4 Å². The standard InChI is InChI=1S/C16H19N5O2S/c1-20(2)13(11-5-4-6-12(9-11)23-3)10-18-15-19-21-14(22)7-8-17-16(21)24-15/h4-9,13H,10H2,1-3H3,(H,18,19). The molecule has 0 amide bonds. The smallest absolute Gasteiger partial charge is 0.275 e. The van der Waals surface area contributed by atoms with Gasteiger partial charge in [0.2, 0.25) is 10.1 Å². The van der Waals surface area contributed by atoms with Gasteiger partial charge in [0.25, 0.3) is 5.56 Å². The predicted octanol–water partition coefficient (Wildman–Crippen LogP) is 1.87. The van der Waals surface area contributed by atoms with Crippen LogP contribution in [0.25, 0.3) is 4.96 Å². The van der Waals surface area contributed by atoms with Gasteiger partial charge in [-0.1, -0.05) is 23.5 Å². The highest BCUT2D eigenvalue weighted by Gasteiger charge is 2.16. The lowest BCUT2D eigenvalue weighted by molar-refractivity contribution is 0.310. The summed E-state index contributed by atoms with van der Waals surface area (Å²) < 4.78 is 6.61. The quantitative estimate of drug-likeness (QED) is 0.735. The number of benzene rings is 1. The fraction of sp³-hybridized carbons (Fsp3) is 0.312. The monoisotopic (exact) mass is 345 g/mol. The predicted molar refractivity (Wildman–Crippen MR) is 95.0 cm³/mol. The fourth-order valence-corrected chi connectivity index (χ4v) is 3.23. The molecule has 1 N–H and O–H groups in total. The summed E-state index contributed by atoms with van der Waals surface area (Å²) >= 11 is 1.35. The van der Waals surface area contributed by atoms with Gasteiger partial charge in [0.05, 0.1) is 13.2 Å². The van der Waals surface area contributed by atoms with Crippen molar-refractivity contribution >= 4 is 21.4 Å². The van der Waals surface area contributed by atoms with Crippen LogP contribution in [0.15, 0.2) is 41.3 Å². The summed E-state index contributed by atoms with van der Waals surface area (Å²) in [5, 5.41) is 8.25.